The molecule has 0 aliphatic carbocycles. The lowest BCUT2D eigenvalue weighted by molar-refractivity contribution is -0.140. The summed E-state index contributed by atoms with van der Waals surface area (Å²) in [4.78, 5) is 58.2. The van der Waals surface area contributed by atoms with Gasteiger partial charge in [0.2, 0.25) is 5.91 Å². The molecule has 9 nitrogen and oxygen atoms in total. The number of aromatic amines is 1. The molecule has 0 saturated carbocycles. The summed E-state index contributed by atoms with van der Waals surface area (Å²) >= 11 is 0. The highest BCUT2D eigenvalue weighted by molar-refractivity contribution is 6.23. The van der Waals surface area contributed by atoms with Crippen LogP contribution in [0.1, 0.15) is 119 Å². The maximum atomic E-state index is 14.8. The number of carbonyl (C=O) groups excluding carboxylic acids is 3. The minimum atomic E-state index is -2.04. The Kier molecular flexibility index (Phi) is 14.5. The van der Waals surface area contributed by atoms with Crippen LogP contribution in [0.2, 0.25) is 0 Å². The minimum absolute atomic E-state index is 0.0344. The summed E-state index contributed by atoms with van der Waals surface area (Å²) < 4.78 is 0. The quantitative estimate of drug-likeness (QED) is 0.0561. The van der Waals surface area contributed by atoms with Crippen molar-refractivity contribution in [1.29, 1.82) is 0 Å². The number of nitrogens with two attached hydrogens (primary N) is 2. The molecule has 0 bridgehead atoms. The van der Waals surface area contributed by atoms with E-state index >= 15 is 0 Å². The van der Waals surface area contributed by atoms with Gasteiger partial charge in [0.1, 0.15) is 0 Å². The van der Waals surface area contributed by atoms with Gasteiger partial charge in [-0.2, -0.15) is 0 Å². The standard InChI is InChI=1S/C37H52N4O5/c1-3-5-6-7-8-9-13-19-28(26-32(38)42)41(24-4-2)36(46)37(39,23-16-22-33(43)44)35(45)34-29-20-14-15-21-30(29)40-31(34)25-27-17-11-10-12-18-27/h10-12,14-15,17-18,20-21,28,40H,3-9,13,16,19,22-26,39H2,1-2H3,(H2,38,42)(H,43,44)/t28-,37-/m0/s1. The number of Topliss-reactive ketones (excluding diaryl/α,β-unsaturated/α-hetero) is 1. The van der Waals surface area contributed by atoms with Crippen molar-refractivity contribution < 1.29 is 24.3 Å². The second-order valence-electron chi connectivity index (χ2n) is 12.5. The molecule has 2 amide bonds. The summed E-state index contributed by atoms with van der Waals surface area (Å²) in [5.41, 5.74) is 13.3. The molecule has 0 radical (unpaired) electrons. The van der Waals surface area contributed by atoms with Gasteiger partial charge >= 0.3 is 5.97 Å². The van der Waals surface area contributed by atoms with Gasteiger partial charge in [0, 0.05) is 54.0 Å². The van der Waals surface area contributed by atoms with Crippen LogP contribution in [-0.2, 0) is 20.8 Å². The molecule has 3 rings (SSSR count). The number of rotatable bonds is 22. The summed E-state index contributed by atoms with van der Waals surface area (Å²) in [6, 6.07) is 16.6. The van der Waals surface area contributed by atoms with Gasteiger partial charge in [-0.15, -0.1) is 0 Å². The molecule has 0 aliphatic heterocycles. The van der Waals surface area contributed by atoms with Crippen molar-refractivity contribution in [2.24, 2.45) is 11.5 Å². The fourth-order valence-electron chi connectivity index (χ4n) is 6.33. The first kappa shape index (κ1) is 36.5. The predicted molar refractivity (Wildman–Crippen MR) is 182 cm³/mol. The first-order valence-electron chi connectivity index (χ1n) is 16.9. The first-order valence-corrected chi connectivity index (χ1v) is 16.9. The molecule has 0 saturated heterocycles. The van der Waals surface area contributed by atoms with E-state index in [1.54, 1.807) is 4.90 Å². The number of unbranched alkanes of at least 4 members (excludes halogenated alkanes) is 6. The second kappa shape index (κ2) is 18.2. The van der Waals surface area contributed by atoms with Gasteiger partial charge in [0.25, 0.3) is 5.91 Å². The van der Waals surface area contributed by atoms with Crippen LogP contribution in [0.5, 0.6) is 0 Å². The zero-order chi connectivity index (χ0) is 33.5. The normalized spacial score (nSPS) is 13.3. The number of ketones is 1. The molecule has 1 heterocycles. The SMILES string of the molecule is CCCCCCCCC[C@@H](CC(N)=O)N(CCC)C(=O)[C@](N)(CCCC(=O)O)C(=O)c1c(Cc2ccccc2)[nH]c2ccccc12. The van der Waals surface area contributed by atoms with Crippen molar-refractivity contribution in [3.8, 4) is 0 Å². The summed E-state index contributed by atoms with van der Waals surface area (Å²) in [5, 5.41) is 10.1. The number of hydrogen-bond acceptors (Lipinski definition) is 5. The van der Waals surface area contributed by atoms with Crippen LogP contribution in [0.15, 0.2) is 54.6 Å². The van der Waals surface area contributed by atoms with Crippen LogP contribution in [0, 0.1) is 0 Å². The molecule has 9 heteroatoms. The van der Waals surface area contributed by atoms with Crippen molar-refractivity contribution >= 4 is 34.5 Å². The molecule has 0 fully saturated rings. The number of benzene rings is 2. The Labute approximate surface area is 273 Å². The molecule has 3 aromatic rings. The maximum Gasteiger partial charge on any atom is 0.303 e. The van der Waals surface area contributed by atoms with Crippen LogP contribution < -0.4 is 11.5 Å². The van der Waals surface area contributed by atoms with E-state index in [2.05, 4.69) is 11.9 Å². The molecule has 2 aromatic carbocycles. The highest BCUT2D eigenvalue weighted by Gasteiger charge is 2.47. The van der Waals surface area contributed by atoms with E-state index in [1.165, 1.54) is 19.3 Å². The fourth-order valence-corrected chi connectivity index (χ4v) is 6.33. The van der Waals surface area contributed by atoms with E-state index in [4.69, 9.17) is 11.5 Å². The lowest BCUT2D eigenvalue weighted by atomic mass is 9.81. The van der Waals surface area contributed by atoms with E-state index in [-0.39, 0.29) is 25.7 Å². The number of nitrogens with one attached hydrogen (secondary N) is 1. The molecule has 0 spiro atoms. The molecule has 1 aromatic heterocycles. The Hall–Kier alpha value is -3.98. The number of fused-ring (bicyclic) bond motifs is 1. The Morgan fingerprint density at radius 2 is 1.52 bits per heavy atom. The largest absolute Gasteiger partial charge is 0.481 e. The number of hydrogen-bond donors (Lipinski definition) is 4. The predicted octanol–water partition coefficient (Wildman–Crippen LogP) is 6.52. The highest BCUT2D eigenvalue weighted by Crippen LogP contribution is 2.31. The zero-order valence-electron chi connectivity index (χ0n) is 27.6. The molecule has 250 valence electrons. The summed E-state index contributed by atoms with van der Waals surface area (Å²) in [6.45, 7) is 4.40. The number of aromatic nitrogens is 1. The number of amides is 2. The number of carboxylic acid groups (broad SMARTS) is 1. The average Bonchev–Trinajstić information content (AvgIpc) is 3.39. The molecule has 0 unspecified atom stereocenters. The summed E-state index contributed by atoms with van der Waals surface area (Å²) in [6.07, 6.45) is 8.76. The van der Waals surface area contributed by atoms with Gasteiger partial charge in [-0.3, -0.25) is 19.2 Å². The Balaban J connectivity index is 2.02. The Morgan fingerprint density at radius 1 is 0.870 bits per heavy atom. The highest BCUT2D eigenvalue weighted by atomic mass is 16.4. The number of primary amides is 1. The number of nitrogens with zero attached hydrogens (tertiary/aromatic N) is 1. The van der Waals surface area contributed by atoms with Gasteiger partial charge in [-0.05, 0) is 37.3 Å². The van der Waals surface area contributed by atoms with Crippen molar-refractivity contribution in [2.45, 2.75) is 115 Å². The third-order valence-electron chi connectivity index (χ3n) is 8.73. The number of carbonyl (C=O) groups is 4. The first-order chi connectivity index (χ1) is 22.1. The van der Waals surface area contributed by atoms with Crippen molar-refractivity contribution in [3.63, 3.8) is 0 Å². The monoisotopic (exact) mass is 632 g/mol. The van der Waals surface area contributed by atoms with E-state index in [0.29, 0.717) is 42.5 Å². The zero-order valence-corrected chi connectivity index (χ0v) is 27.6. The van der Waals surface area contributed by atoms with Crippen LogP contribution in [0.4, 0.5) is 0 Å². The van der Waals surface area contributed by atoms with Crippen LogP contribution in [-0.4, -0.2) is 56.7 Å². The molecule has 6 N–H and O–H groups in total. The van der Waals surface area contributed by atoms with Crippen molar-refractivity contribution in [3.05, 3.63) is 71.4 Å². The van der Waals surface area contributed by atoms with Crippen LogP contribution in [0.25, 0.3) is 10.9 Å². The van der Waals surface area contributed by atoms with E-state index < -0.39 is 35.1 Å². The maximum absolute atomic E-state index is 14.8. The average molecular weight is 633 g/mol. The third-order valence-corrected chi connectivity index (χ3v) is 8.73. The number of para-hydroxylation sites is 1. The fraction of sp³-hybridized carbons (Fsp3) is 0.514. The van der Waals surface area contributed by atoms with Crippen molar-refractivity contribution in [1.82, 2.24) is 9.88 Å². The second-order valence-corrected chi connectivity index (χ2v) is 12.5. The minimum Gasteiger partial charge on any atom is -0.481 e. The lowest BCUT2D eigenvalue weighted by Gasteiger charge is -2.38. The Morgan fingerprint density at radius 3 is 2.17 bits per heavy atom. The summed E-state index contributed by atoms with van der Waals surface area (Å²) in [7, 11) is 0. The number of H-pyrrole nitrogens is 1. The van der Waals surface area contributed by atoms with E-state index in [0.717, 1.165) is 36.8 Å². The van der Waals surface area contributed by atoms with E-state index in [9.17, 15) is 24.3 Å². The molecule has 46 heavy (non-hydrogen) atoms. The van der Waals surface area contributed by atoms with Gasteiger partial charge < -0.3 is 26.5 Å². The van der Waals surface area contributed by atoms with Gasteiger partial charge in [0.05, 0.1) is 0 Å². The Bertz CT molecular complexity index is 1440. The smallest absolute Gasteiger partial charge is 0.303 e. The van der Waals surface area contributed by atoms with Crippen LogP contribution >= 0.6 is 0 Å². The van der Waals surface area contributed by atoms with E-state index in [1.807, 2.05) is 61.5 Å². The topological polar surface area (TPSA) is 160 Å². The van der Waals surface area contributed by atoms with Gasteiger partial charge in [-0.1, -0.05) is 107 Å². The number of carboxylic acids is 1. The molecular formula is C37H52N4O5. The molecular weight excluding hydrogens is 580 g/mol. The third kappa shape index (κ3) is 10.0. The van der Waals surface area contributed by atoms with Gasteiger partial charge in [0.15, 0.2) is 11.3 Å². The molecule has 2 atom stereocenters. The van der Waals surface area contributed by atoms with Gasteiger partial charge in [-0.25, -0.2) is 0 Å². The summed E-state index contributed by atoms with van der Waals surface area (Å²) in [5.74, 6) is -2.70. The molecule has 0 aliphatic rings. The van der Waals surface area contributed by atoms with Crippen molar-refractivity contribution in [2.75, 3.05) is 6.54 Å². The lowest BCUT2D eigenvalue weighted by Crippen LogP contribution is -2.62. The number of aliphatic carboxylic acids is 1. The van der Waals surface area contributed by atoms with Crippen LogP contribution in [0.3, 0.4) is 0 Å².